The van der Waals surface area contributed by atoms with E-state index < -0.39 is 11.9 Å². The molecule has 160 valence electrons. The number of carbonyl (C=O) groups is 2. The molecule has 0 saturated heterocycles. The number of para-hydroxylation sites is 1. The van der Waals surface area contributed by atoms with Crippen molar-refractivity contribution in [2.24, 2.45) is 5.10 Å². The molecule has 7 nitrogen and oxygen atoms in total. The van der Waals surface area contributed by atoms with E-state index in [1.807, 2.05) is 25.1 Å². The fraction of sp³-hybridized carbons (Fsp3) is 0.208. The summed E-state index contributed by atoms with van der Waals surface area (Å²) >= 11 is 0. The first-order chi connectivity index (χ1) is 14.9. The summed E-state index contributed by atoms with van der Waals surface area (Å²) in [4.78, 5) is 24.2. The number of hydrazone groups is 1. The van der Waals surface area contributed by atoms with E-state index in [-0.39, 0.29) is 18.3 Å². The van der Waals surface area contributed by atoms with Crippen molar-refractivity contribution in [1.82, 2.24) is 5.43 Å². The van der Waals surface area contributed by atoms with Gasteiger partial charge in [0.2, 0.25) is 5.76 Å². The third kappa shape index (κ3) is 6.05. The van der Waals surface area contributed by atoms with Gasteiger partial charge < -0.3 is 13.9 Å². The number of carbonyl (C=O) groups excluding carboxylic acids is 2. The predicted octanol–water partition coefficient (Wildman–Crippen LogP) is 4.46. The summed E-state index contributed by atoms with van der Waals surface area (Å²) in [6.45, 7) is 5.93. The van der Waals surface area contributed by atoms with Crippen molar-refractivity contribution in [2.75, 3.05) is 6.61 Å². The van der Waals surface area contributed by atoms with Crippen LogP contribution in [0, 0.1) is 6.92 Å². The minimum absolute atomic E-state index is 0.0918. The van der Waals surface area contributed by atoms with Gasteiger partial charge in [0, 0.05) is 5.56 Å². The van der Waals surface area contributed by atoms with Gasteiger partial charge in [0.1, 0.15) is 11.5 Å². The van der Waals surface area contributed by atoms with Crippen molar-refractivity contribution in [3.63, 3.8) is 0 Å². The maximum atomic E-state index is 12.1. The average molecular weight is 420 g/mol. The summed E-state index contributed by atoms with van der Waals surface area (Å²) < 4.78 is 16.1. The van der Waals surface area contributed by atoms with Crippen LogP contribution in [-0.4, -0.2) is 24.7 Å². The van der Waals surface area contributed by atoms with Crippen molar-refractivity contribution in [3.8, 4) is 11.5 Å². The van der Waals surface area contributed by atoms with E-state index in [2.05, 4.69) is 24.4 Å². The lowest BCUT2D eigenvalue weighted by molar-refractivity contribution is -0.123. The van der Waals surface area contributed by atoms with E-state index in [0.717, 1.165) is 11.1 Å². The average Bonchev–Trinajstić information content (AvgIpc) is 3.28. The SMILES string of the molecule is Cc1ccc(C(C)C)c(OCC(=O)NN=Cc2ccccc2OC(=O)c2ccco2)c1. The van der Waals surface area contributed by atoms with E-state index in [1.165, 1.54) is 18.5 Å². The van der Waals surface area contributed by atoms with Crippen LogP contribution < -0.4 is 14.9 Å². The fourth-order valence-corrected chi connectivity index (χ4v) is 2.82. The number of hydrogen-bond donors (Lipinski definition) is 1. The highest BCUT2D eigenvalue weighted by Gasteiger charge is 2.13. The van der Waals surface area contributed by atoms with Crippen LogP contribution in [0.1, 0.15) is 47.0 Å². The third-order valence-corrected chi connectivity index (χ3v) is 4.39. The maximum Gasteiger partial charge on any atom is 0.379 e. The number of rotatable bonds is 8. The molecule has 0 unspecified atom stereocenters. The van der Waals surface area contributed by atoms with Gasteiger partial charge in [-0.1, -0.05) is 38.1 Å². The molecule has 0 atom stereocenters. The summed E-state index contributed by atoms with van der Waals surface area (Å²) in [7, 11) is 0. The number of furan rings is 1. The molecule has 0 spiro atoms. The minimum atomic E-state index is -0.623. The van der Waals surface area contributed by atoms with E-state index in [4.69, 9.17) is 13.9 Å². The molecule has 0 aliphatic rings. The smallest absolute Gasteiger partial charge is 0.379 e. The Hall–Kier alpha value is -3.87. The molecular formula is C24H24N2O5. The summed E-state index contributed by atoms with van der Waals surface area (Å²) in [5.41, 5.74) is 5.03. The second-order valence-electron chi connectivity index (χ2n) is 7.18. The van der Waals surface area contributed by atoms with Gasteiger partial charge in [-0.2, -0.15) is 5.10 Å². The number of esters is 1. The van der Waals surface area contributed by atoms with Crippen LogP contribution >= 0.6 is 0 Å². The Morgan fingerprint density at radius 2 is 1.90 bits per heavy atom. The molecule has 0 aliphatic heterocycles. The molecule has 0 saturated carbocycles. The van der Waals surface area contributed by atoms with Crippen molar-refractivity contribution in [3.05, 3.63) is 83.3 Å². The first kappa shape index (κ1) is 21.8. The van der Waals surface area contributed by atoms with E-state index in [0.29, 0.717) is 17.1 Å². The standard InChI is InChI=1S/C24H24N2O5/c1-16(2)19-11-10-17(3)13-22(19)30-15-23(27)26-25-14-18-7-4-5-8-20(18)31-24(28)21-9-6-12-29-21/h4-14,16H,15H2,1-3H3,(H,26,27). The molecule has 2 aromatic carbocycles. The van der Waals surface area contributed by atoms with Crippen LogP contribution in [0.5, 0.6) is 11.5 Å². The molecule has 0 aliphatic carbocycles. The first-order valence-electron chi connectivity index (χ1n) is 9.84. The molecule has 1 amide bonds. The Morgan fingerprint density at radius 1 is 1.10 bits per heavy atom. The highest BCUT2D eigenvalue weighted by Crippen LogP contribution is 2.27. The summed E-state index contributed by atoms with van der Waals surface area (Å²) in [6, 6.07) is 15.9. The van der Waals surface area contributed by atoms with Crippen LogP contribution in [0.25, 0.3) is 0 Å². The fourth-order valence-electron chi connectivity index (χ4n) is 2.82. The molecule has 31 heavy (non-hydrogen) atoms. The second kappa shape index (κ2) is 10.2. The highest BCUT2D eigenvalue weighted by atomic mass is 16.5. The van der Waals surface area contributed by atoms with Crippen LogP contribution in [0.2, 0.25) is 0 Å². The Morgan fingerprint density at radius 3 is 2.65 bits per heavy atom. The molecule has 1 N–H and O–H groups in total. The predicted molar refractivity (Wildman–Crippen MR) is 117 cm³/mol. The lowest BCUT2D eigenvalue weighted by Gasteiger charge is -2.14. The van der Waals surface area contributed by atoms with Crippen LogP contribution in [-0.2, 0) is 4.79 Å². The number of benzene rings is 2. The number of hydrogen-bond acceptors (Lipinski definition) is 6. The molecule has 1 heterocycles. The monoisotopic (exact) mass is 420 g/mol. The van der Waals surface area contributed by atoms with Crippen molar-refractivity contribution in [1.29, 1.82) is 0 Å². The summed E-state index contributed by atoms with van der Waals surface area (Å²) in [5, 5.41) is 3.94. The number of aryl methyl sites for hydroxylation is 1. The lowest BCUT2D eigenvalue weighted by Crippen LogP contribution is -2.25. The normalized spacial score (nSPS) is 11.0. The van der Waals surface area contributed by atoms with Gasteiger partial charge in [0.25, 0.3) is 5.91 Å². The van der Waals surface area contributed by atoms with Gasteiger partial charge in [-0.15, -0.1) is 0 Å². The molecule has 0 radical (unpaired) electrons. The molecule has 7 heteroatoms. The Balaban J connectivity index is 1.58. The van der Waals surface area contributed by atoms with E-state index in [9.17, 15) is 9.59 Å². The zero-order chi connectivity index (χ0) is 22.2. The van der Waals surface area contributed by atoms with Gasteiger partial charge in [-0.3, -0.25) is 4.79 Å². The number of amides is 1. The number of nitrogens with zero attached hydrogens (tertiary/aromatic N) is 1. The van der Waals surface area contributed by atoms with Gasteiger partial charge in [0.05, 0.1) is 12.5 Å². The quantitative estimate of drug-likeness (QED) is 0.251. The molecule has 3 rings (SSSR count). The first-order valence-corrected chi connectivity index (χ1v) is 9.84. The van der Waals surface area contributed by atoms with Gasteiger partial charge in [-0.25, -0.2) is 10.2 Å². The highest BCUT2D eigenvalue weighted by molar-refractivity contribution is 5.91. The number of nitrogens with one attached hydrogen (secondary N) is 1. The minimum Gasteiger partial charge on any atom is -0.483 e. The zero-order valence-corrected chi connectivity index (χ0v) is 17.6. The van der Waals surface area contributed by atoms with Crippen molar-refractivity contribution in [2.45, 2.75) is 26.7 Å². The Kier molecular flexibility index (Phi) is 7.22. The molecule has 0 bridgehead atoms. The van der Waals surface area contributed by atoms with Gasteiger partial charge in [-0.05, 0) is 54.3 Å². The largest absolute Gasteiger partial charge is 0.483 e. The maximum absolute atomic E-state index is 12.1. The topological polar surface area (TPSA) is 90.1 Å². The molecule has 3 aromatic rings. The lowest BCUT2D eigenvalue weighted by atomic mass is 10.0. The second-order valence-corrected chi connectivity index (χ2v) is 7.18. The van der Waals surface area contributed by atoms with Gasteiger partial charge >= 0.3 is 5.97 Å². The van der Waals surface area contributed by atoms with Crippen molar-refractivity contribution >= 4 is 18.1 Å². The molecular weight excluding hydrogens is 396 g/mol. The summed E-state index contributed by atoms with van der Waals surface area (Å²) in [6.07, 6.45) is 2.79. The Labute approximate surface area is 180 Å². The summed E-state index contributed by atoms with van der Waals surface area (Å²) in [5.74, 6) is 0.315. The zero-order valence-electron chi connectivity index (χ0n) is 17.6. The van der Waals surface area contributed by atoms with E-state index >= 15 is 0 Å². The third-order valence-electron chi connectivity index (χ3n) is 4.39. The van der Waals surface area contributed by atoms with Gasteiger partial charge in [0.15, 0.2) is 6.61 Å². The van der Waals surface area contributed by atoms with Crippen LogP contribution in [0.15, 0.2) is 70.4 Å². The van der Waals surface area contributed by atoms with Crippen LogP contribution in [0.4, 0.5) is 0 Å². The van der Waals surface area contributed by atoms with Crippen LogP contribution in [0.3, 0.4) is 0 Å². The van der Waals surface area contributed by atoms with E-state index in [1.54, 1.807) is 30.3 Å². The van der Waals surface area contributed by atoms with Crippen molar-refractivity contribution < 1.29 is 23.5 Å². The molecule has 1 aromatic heterocycles. The molecule has 0 fully saturated rings. The Bertz CT molecular complexity index is 1070. The number of ether oxygens (including phenoxy) is 2.